The van der Waals surface area contributed by atoms with Crippen LogP contribution in [0.1, 0.15) is 15.9 Å². The van der Waals surface area contributed by atoms with Crippen molar-refractivity contribution in [2.75, 3.05) is 13.2 Å². The number of carbonyl (C=O) groups is 2. The maximum atomic E-state index is 12.7. The summed E-state index contributed by atoms with van der Waals surface area (Å²) in [5.41, 5.74) is -1.46. The molecule has 1 heterocycles. The summed E-state index contributed by atoms with van der Waals surface area (Å²) in [4.78, 5) is 24.1. The van der Waals surface area contributed by atoms with Crippen LogP contribution in [-0.2, 0) is 11.0 Å². The molecule has 26 heavy (non-hydrogen) atoms. The normalized spacial score (nSPS) is 10.3. The molecule has 3 N–H and O–H groups in total. The highest BCUT2D eigenvalue weighted by Crippen LogP contribution is 2.35. The second-order valence-corrected chi connectivity index (χ2v) is 4.61. The Hall–Kier alpha value is -3.30. The van der Waals surface area contributed by atoms with Gasteiger partial charge in [0.25, 0.3) is 12.4 Å². The van der Waals surface area contributed by atoms with Crippen molar-refractivity contribution in [3.8, 4) is 11.6 Å². The Morgan fingerprint density at radius 3 is 2.54 bits per heavy atom. The van der Waals surface area contributed by atoms with Crippen LogP contribution in [0.3, 0.4) is 0 Å². The largest absolute Gasteiger partial charge is 0.507 e. The molecule has 1 aromatic carbocycles. The van der Waals surface area contributed by atoms with Crippen LogP contribution in [0.25, 0.3) is 0 Å². The predicted molar refractivity (Wildman–Crippen MR) is 83.9 cm³/mol. The molecule has 2 rings (SSSR count). The lowest BCUT2D eigenvalue weighted by molar-refractivity contribution is -0.138. The molecule has 0 atom stereocenters. The first-order chi connectivity index (χ1) is 12.3. The van der Waals surface area contributed by atoms with Crippen LogP contribution in [-0.4, -0.2) is 40.7 Å². The SMILES string of the molecule is O=C(NCCOc1ccccn1)c1ccc(O)c(C(F)(F)F)c1.O=CO. The third kappa shape index (κ3) is 6.67. The molecule has 2 aromatic rings. The first-order valence-electron chi connectivity index (χ1n) is 7.09. The van der Waals surface area contributed by atoms with Gasteiger partial charge in [0.05, 0.1) is 12.1 Å². The van der Waals surface area contributed by atoms with E-state index < -0.39 is 23.4 Å². The van der Waals surface area contributed by atoms with E-state index >= 15 is 0 Å². The van der Waals surface area contributed by atoms with Gasteiger partial charge in [-0.15, -0.1) is 0 Å². The molecule has 0 aliphatic heterocycles. The van der Waals surface area contributed by atoms with Crippen molar-refractivity contribution in [1.29, 1.82) is 0 Å². The van der Waals surface area contributed by atoms with Crippen LogP contribution < -0.4 is 10.1 Å². The van der Waals surface area contributed by atoms with Gasteiger partial charge >= 0.3 is 6.18 Å². The van der Waals surface area contributed by atoms with E-state index in [1.807, 2.05) is 0 Å². The molecular weight excluding hydrogens is 357 g/mol. The van der Waals surface area contributed by atoms with Gasteiger partial charge in [-0.2, -0.15) is 13.2 Å². The molecule has 1 aromatic heterocycles. The van der Waals surface area contributed by atoms with Crippen LogP contribution in [0.4, 0.5) is 13.2 Å². The number of phenols is 1. The quantitative estimate of drug-likeness (QED) is 0.549. The van der Waals surface area contributed by atoms with E-state index in [0.717, 1.165) is 12.1 Å². The van der Waals surface area contributed by atoms with Gasteiger partial charge in [0.2, 0.25) is 5.88 Å². The minimum absolute atomic E-state index is 0.0949. The lowest BCUT2D eigenvalue weighted by Crippen LogP contribution is -2.28. The molecule has 1 amide bonds. The van der Waals surface area contributed by atoms with Gasteiger partial charge in [0.15, 0.2) is 0 Å². The smallest absolute Gasteiger partial charge is 0.419 e. The van der Waals surface area contributed by atoms with Gasteiger partial charge in [-0.05, 0) is 24.3 Å². The van der Waals surface area contributed by atoms with Crippen LogP contribution in [0.5, 0.6) is 11.6 Å². The van der Waals surface area contributed by atoms with Gasteiger partial charge in [-0.25, -0.2) is 4.98 Å². The monoisotopic (exact) mass is 372 g/mol. The average Bonchev–Trinajstić information content (AvgIpc) is 2.59. The first kappa shape index (κ1) is 20.7. The number of nitrogens with one attached hydrogen (secondary N) is 1. The Kier molecular flexibility index (Phi) is 7.87. The number of carbonyl (C=O) groups excluding carboxylic acids is 1. The summed E-state index contributed by atoms with van der Waals surface area (Å²) in [6.07, 6.45) is -3.19. The predicted octanol–water partition coefficient (Wildman–Crippen LogP) is 2.32. The summed E-state index contributed by atoms with van der Waals surface area (Å²) in [5, 5.41) is 18.5. The van der Waals surface area contributed by atoms with E-state index in [4.69, 9.17) is 14.6 Å². The van der Waals surface area contributed by atoms with E-state index in [1.165, 1.54) is 0 Å². The molecule has 0 aliphatic carbocycles. The van der Waals surface area contributed by atoms with Crippen LogP contribution >= 0.6 is 0 Å². The molecule has 0 radical (unpaired) electrons. The minimum atomic E-state index is -4.73. The highest BCUT2D eigenvalue weighted by molar-refractivity contribution is 5.94. The minimum Gasteiger partial charge on any atom is -0.507 e. The number of carboxylic acid groups (broad SMARTS) is 1. The Morgan fingerprint density at radius 1 is 1.27 bits per heavy atom. The summed E-state index contributed by atoms with van der Waals surface area (Å²) in [6, 6.07) is 7.64. The number of rotatable bonds is 5. The Balaban J connectivity index is 0.00000105. The number of alkyl halides is 3. The number of hydrogen-bond donors (Lipinski definition) is 3. The Bertz CT molecular complexity index is 724. The number of aromatic hydroxyl groups is 1. The summed E-state index contributed by atoms with van der Waals surface area (Å²) in [7, 11) is 0. The van der Waals surface area contributed by atoms with Crippen LogP contribution in [0.15, 0.2) is 42.6 Å². The van der Waals surface area contributed by atoms with E-state index in [1.54, 1.807) is 24.4 Å². The number of benzene rings is 1. The Morgan fingerprint density at radius 2 is 1.96 bits per heavy atom. The average molecular weight is 372 g/mol. The molecule has 0 saturated carbocycles. The summed E-state index contributed by atoms with van der Waals surface area (Å²) < 4.78 is 43.2. The first-order valence-corrected chi connectivity index (χ1v) is 7.09. The van der Waals surface area contributed by atoms with Crippen molar-refractivity contribution in [3.05, 3.63) is 53.7 Å². The zero-order valence-electron chi connectivity index (χ0n) is 13.2. The molecule has 0 fully saturated rings. The number of pyridine rings is 1. The number of hydrogen-bond acceptors (Lipinski definition) is 5. The summed E-state index contributed by atoms with van der Waals surface area (Å²) in [6.45, 7) is -0.0371. The highest BCUT2D eigenvalue weighted by atomic mass is 19.4. The number of halogens is 3. The lowest BCUT2D eigenvalue weighted by Gasteiger charge is -2.11. The molecule has 0 saturated heterocycles. The Labute approximate surface area is 146 Å². The molecule has 0 spiro atoms. The molecule has 7 nitrogen and oxygen atoms in total. The van der Waals surface area contributed by atoms with Crippen LogP contribution in [0, 0.1) is 0 Å². The van der Waals surface area contributed by atoms with Gasteiger partial charge in [0.1, 0.15) is 12.4 Å². The molecule has 0 bridgehead atoms. The summed E-state index contributed by atoms with van der Waals surface area (Å²) >= 11 is 0. The second-order valence-electron chi connectivity index (χ2n) is 4.61. The number of amides is 1. The number of nitrogens with zero attached hydrogens (tertiary/aromatic N) is 1. The second kappa shape index (κ2) is 9.87. The molecule has 0 unspecified atom stereocenters. The third-order valence-electron chi connectivity index (χ3n) is 2.84. The fourth-order valence-electron chi connectivity index (χ4n) is 1.76. The van der Waals surface area contributed by atoms with Crippen LogP contribution in [0.2, 0.25) is 0 Å². The van der Waals surface area contributed by atoms with E-state index in [-0.39, 0.29) is 25.2 Å². The number of aromatic nitrogens is 1. The lowest BCUT2D eigenvalue weighted by atomic mass is 10.1. The van der Waals surface area contributed by atoms with Gasteiger partial charge in [-0.3, -0.25) is 9.59 Å². The number of phenolic OH excluding ortho intramolecular Hbond substituents is 1. The standard InChI is InChI=1S/C15H13F3N2O3.CH2O2/c16-15(17,18)11-9-10(4-5-12(11)21)14(22)20-7-8-23-13-3-1-2-6-19-13;2-1-3/h1-6,9,21H,7-8H2,(H,20,22);1H,(H,2,3). The van der Waals surface area contributed by atoms with Crippen molar-refractivity contribution in [2.45, 2.75) is 6.18 Å². The maximum absolute atomic E-state index is 12.7. The van der Waals surface area contributed by atoms with Crippen molar-refractivity contribution in [1.82, 2.24) is 10.3 Å². The zero-order chi connectivity index (χ0) is 19.6. The topological polar surface area (TPSA) is 109 Å². The van der Waals surface area contributed by atoms with Gasteiger partial charge in [-0.1, -0.05) is 6.07 Å². The van der Waals surface area contributed by atoms with Gasteiger partial charge in [0, 0.05) is 17.8 Å². The number of ether oxygens (including phenoxy) is 1. The van der Waals surface area contributed by atoms with E-state index in [2.05, 4.69) is 10.3 Å². The fourth-order valence-corrected chi connectivity index (χ4v) is 1.76. The van der Waals surface area contributed by atoms with Crippen molar-refractivity contribution >= 4 is 12.4 Å². The van der Waals surface area contributed by atoms with Crippen molar-refractivity contribution in [3.63, 3.8) is 0 Å². The van der Waals surface area contributed by atoms with E-state index in [9.17, 15) is 23.1 Å². The molecule has 10 heteroatoms. The fraction of sp³-hybridized carbons (Fsp3) is 0.188. The third-order valence-corrected chi connectivity index (χ3v) is 2.84. The van der Waals surface area contributed by atoms with Crippen molar-refractivity contribution in [2.24, 2.45) is 0 Å². The molecule has 0 aliphatic rings. The maximum Gasteiger partial charge on any atom is 0.419 e. The summed E-state index contributed by atoms with van der Waals surface area (Å²) in [5.74, 6) is -1.24. The highest BCUT2D eigenvalue weighted by Gasteiger charge is 2.34. The zero-order valence-corrected chi connectivity index (χ0v) is 13.2. The molecule has 140 valence electrons. The molecular formula is C16H15F3N2O5. The van der Waals surface area contributed by atoms with E-state index in [0.29, 0.717) is 11.9 Å². The van der Waals surface area contributed by atoms with Gasteiger partial charge < -0.3 is 20.3 Å². The van der Waals surface area contributed by atoms with Crippen molar-refractivity contribution < 1.29 is 37.7 Å².